The molecule has 0 unspecified atom stereocenters. The van der Waals surface area contributed by atoms with Gasteiger partial charge in [0.1, 0.15) is 5.69 Å². The lowest BCUT2D eigenvalue weighted by molar-refractivity contribution is 0.0705. The molecule has 0 bridgehead atoms. The van der Waals surface area contributed by atoms with Gasteiger partial charge in [-0.2, -0.15) is 10.2 Å². The molecular formula is C16H23N5O. The molecule has 0 radical (unpaired) electrons. The maximum atomic E-state index is 12.4. The molecule has 3 heterocycles. The van der Waals surface area contributed by atoms with E-state index in [-0.39, 0.29) is 5.91 Å². The molecule has 6 heteroatoms. The van der Waals surface area contributed by atoms with Crippen molar-refractivity contribution in [2.75, 3.05) is 13.1 Å². The number of aromatic nitrogens is 4. The number of aromatic amines is 1. The molecule has 0 spiro atoms. The number of nitrogens with one attached hydrogen (secondary N) is 1. The van der Waals surface area contributed by atoms with Crippen molar-refractivity contribution in [3.05, 3.63) is 35.4 Å². The highest BCUT2D eigenvalue weighted by Crippen LogP contribution is 2.28. The van der Waals surface area contributed by atoms with Crippen LogP contribution in [0, 0.1) is 6.92 Å². The first-order chi connectivity index (χ1) is 10.7. The van der Waals surface area contributed by atoms with Crippen molar-refractivity contribution < 1.29 is 4.79 Å². The summed E-state index contributed by atoms with van der Waals surface area (Å²) in [6.07, 6.45) is 4.95. The van der Waals surface area contributed by atoms with Gasteiger partial charge in [-0.25, -0.2) is 0 Å². The molecule has 22 heavy (non-hydrogen) atoms. The van der Waals surface area contributed by atoms with Gasteiger partial charge < -0.3 is 4.90 Å². The second kappa shape index (κ2) is 6.34. The molecule has 1 aliphatic heterocycles. The third-order valence-electron chi connectivity index (χ3n) is 4.31. The number of H-pyrrole nitrogens is 1. The summed E-state index contributed by atoms with van der Waals surface area (Å²) < 4.78 is 2.11. The number of aryl methyl sites for hydroxylation is 2. The highest BCUT2D eigenvalue weighted by atomic mass is 16.2. The van der Waals surface area contributed by atoms with Crippen molar-refractivity contribution in [2.24, 2.45) is 0 Å². The quantitative estimate of drug-likeness (QED) is 0.942. The van der Waals surface area contributed by atoms with Crippen LogP contribution in [-0.4, -0.2) is 43.9 Å². The first kappa shape index (κ1) is 14.8. The number of amides is 1. The molecule has 0 saturated carbocycles. The summed E-state index contributed by atoms with van der Waals surface area (Å²) in [5.74, 6) is 0.531. The number of nitrogens with zero attached hydrogens (tertiary/aromatic N) is 4. The van der Waals surface area contributed by atoms with E-state index in [1.54, 1.807) is 0 Å². The molecule has 0 atom stereocenters. The lowest BCUT2D eigenvalue weighted by Crippen LogP contribution is -2.38. The van der Waals surface area contributed by atoms with Gasteiger partial charge in [0.15, 0.2) is 0 Å². The Morgan fingerprint density at radius 3 is 2.82 bits per heavy atom. The van der Waals surface area contributed by atoms with Crippen molar-refractivity contribution in [1.82, 2.24) is 24.9 Å². The van der Waals surface area contributed by atoms with Gasteiger partial charge in [0.05, 0.1) is 0 Å². The molecule has 1 amide bonds. The number of piperidine rings is 1. The van der Waals surface area contributed by atoms with Gasteiger partial charge in [-0.1, -0.05) is 6.92 Å². The normalized spacial score (nSPS) is 16.2. The van der Waals surface area contributed by atoms with E-state index in [1.807, 2.05) is 24.1 Å². The number of rotatable bonds is 4. The lowest BCUT2D eigenvalue weighted by Gasteiger charge is -2.31. The second-order valence-corrected chi connectivity index (χ2v) is 5.98. The molecule has 2 aromatic rings. The molecule has 118 valence electrons. The Bertz CT molecular complexity index is 637. The summed E-state index contributed by atoms with van der Waals surface area (Å²) in [4.78, 5) is 14.3. The average Bonchev–Trinajstić information content (AvgIpc) is 3.16. The minimum absolute atomic E-state index is 0.0323. The topological polar surface area (TPSA) is 66.8 Å². The van der Waals surface area contributed by atoms with Gasteiger partial charge in [-0.3, -0.25) is 14.6 Å². The van der Waals surface area contributed by atoms with E-state index >= 15 is 0 Å². The fraction of sp³-hybridized carbons (Fsp3) is 0.562. The van der Waals surface area contributed by atoms with Crippen LogP contribution in [0.4, 0.5) is 0 Å². The van der Waals surface area contributed by atoms with Crippen molar-refractivity contribution in [3.8, 4) is 0 Å². The fourth-order valence-electron chi connectivity index (χ4n) is 3.16. The van der Waals surface area contributed by atoms with E-state index < -0.39 is 0 Å². The highest BCUT2D eigenvalue weighted by molar-refractivity contribution is 5.92. The second-order valence-electron chi connectivity index (χ2n) is 5.98. The SMILES string of the molecule is CCCn1nccc1C1CCN(C(=O)c2cc(C)[nH]n2)CC1. The van der Waals surface area contributed by atoms with E-state index in [2.05, 4.69) is 33.0 Å². The van der Waals surface area contributed by atoms with E-state index in [0.29, 0.717) is 11.6 Å². The molecule has 2 aromatic heterocycles. The van der Waals surface area contributed by atoms with Gasteiger partial charge in [0.25, 0.3) is 5.91 Å². The van der Waals surface area contributed by atoms with Crippen LogP contribution in [-0.2, 0) is 6.54 Å². The number of likely N-dealkylation sites (tertiary alicyclic amines) is 1. The summed E-state index contributed by atoms with van der Waals surface area (Å²) in [6, 6.07) is 3.93. The van der Waals surface area contributed by atoms with Crippen LogP contribution in [0.15, 0.2) is 18.3 Å². The predicted octanol–water partition coefficient (Wildman–Crippen LogP) is 2.34. The van der Waals surface area contributed by atoms with Crippen LogP contribution >= 0.6 is 0 Å². The Labute approximate surface area is 130 Å². The minimum Gasteiger partial charge on any atom is -0.337 e. The Morgan fingerprint density at radius 2 is 2.18 bits per heavy atom. The number of carbonyl (C=O) groups is 1. The van der Waals surface area contributed by atoms with Crippen LogP contribution in [0.1, 0.15) is 54.0 Å². The minimum atomic E-state index is 0.0323. The zero-order chi connectivity index (χ0) is 15.5. The standard InChI is InChI=1S/C16H23N5O/c1-3-8-21-15(4-7-17-21)13-5-9-20(10-6-13)16(22)14-11-12(2)18-19-14/h4,7,11,13H,3,5-6,8-10H2,1-2H3,(H,18,19). The molecule has 3 rings (SSSR count). The number of hydrogen-bond donors (Lipinski definition) is 1. The van der Waals surface area contributed by atoms with Crippen molar-refractivity contribution in [2.45, 2.75) is 45.6 Å². The van der Waals surface area contributed by atoms with Crippen LogP contribution in [0.2, 0.25) is 0 Å². The van der Waals surface area contributed by atoms with E-state index in [1.165, 1.54) is 5.69 Å². The highest BCUT2D eigenvalue weighted by Gasteiger charge is 2.27. The molecule has 1 aliphatic rings. The summed E-state index contributed by atoms with van der Waals surface area (Å²) in [5.41, 5.74) is 2.75. The van der Waals surface area contributed by atoms with Crippen LogP contribution < -0.4 is 0 Å². The summed E-state index contributed by atoms with van der Waals surface area (Å²) >= 11 is 0. The van der Waals surface area contributed by atoms with Crippen molar-refractivity contribution >= 4 is 5.91 Å². The van der Waals surface area contributed by atoms with Gasteiger partial charge >= 0.3 is 0 Å². The number of hydrogen-bond acceptors (Lipinski definition) is 3. The average molecular weight is 301 g/mol. The smallest absolute Gasteiger partial charge is 0.274 e. The van der Waals surface area contributed by atoms with E-state index in [9.17, 15) is 4.79 Å². The maximum absolute atomic E-state index is 12.4. The molecule has 1 N–H and O–H groups in total. The van der Waals surface area contributed by atoms with Crippen molar-refractivity contribution in [3.63, 3.8) is 0 Å². The largest absolute Gasteiger partial charge is 0.337 e. The van der Waals surface area contributed by atoms with E-state index in [4.69, 9.17) is 0 Å². The van der Waals surface area contributed by atoms with Crippen LogP contribution in [0.25, 0.3) is 0 Å². The van der Waals surface area contributed by atoms with Gasteiger partial charge in [-0.15, -0.1) is 0 Å². The summed E-state index contributed by atoms with van der Waals surface area (Å²) in [7, 11) is 0. The van der Waals surface area contributed by atoms with Crippen LogP contribution in [0.5, 0.6) is 0 Å². The Hall–Kier alpha value is -2.11. The summed E-state index contributed by atoms with van der Waals surface area (Å²) in [5, 5.41) is 11.3. The molecular weight excluding hydrogens is 278 g/mol. The zero-order valence-electron chi connectivity index (χ0n) is 13.2. The van der Waals surface area contributed by atoms with Gasteiger partial charge in [0, 0.05) is 43.1 Å². The zero-order valence-corrected chi connectivity index (χ0v) is 13.2. The molecule has 1 fully saturated rings. The molecule has 1 saturated heterocycles. The first-order valence-electron chi connectivity index (χ1n) is 8.02. The lowest BCUT2D eigenvalue weighted by atomic mass is 9.93. The fourth-order valence-corrected chi connectivity index (χ4v) is 3.16. The Morgan fingerprint density at radius 1 is 1.41 bits per heavy atom. The van der Waals surface area contributed by atoms with E-state index in [0.717, 1.165) is 44.6 Å². The summed E-state index contributed by atoms with van der Waals surface area (Å²) in [6.45, 7) is 6.61. The Kier molecular flexibility index (Phi) is 4.27. The monoisotopic (exact) mass is 301 g/mol. The maximum Gasteiger partial charge on any atom is 0.274 e. The molecule has 6 nitrogen and oxygen atoms in total. The number of carbonyl (C=O) groups excluding carboxylic acids is 1. The Balaban J connectivity index is 1.62. The van der Waals surface area contributed by atoms with Gasteiger partial charge in [-0.05, 0) is 38.3 Å². The predicted molar refractivity (Wildman–Crippen MR) is 83.7 cm³/mol. The third kappa shape index (κ3) is 2.91. The third-order valence-corrected chi connectivity index (χ3v) is 4.31. The van der Waals surface area contributed by atoms with Gasteiger partial charge in [0.2, 0.25) is 0 Å². The first-order valence-corrected chi connectivity index (χ1v) is 8.02. The van der Waals surface area contributed by atoms with Crippen LogP contribution in [0.3, 0.4) is 0 Å². The molecule has 0 aromatic carbocycles. The molecule has 0 aliphatic carbocycles. The van der Waals surface area contributed by atoms with Crippen molar-refractivity contribution in [1.29, 1.82) is 0 Å².